The molecular weight excluding hydrogens is 302 g/mol. The van der Waals surface area contributed by atoms with Crippen LogP contribution in [0, 0.1) is 0 Å². The van der Waals surface area contributed by atoms with Gasteiger partial charge in [0.15, 0.2) is 0 Å². The van der Waals surface area contributed by atoms with E-state index in [4.69, 9.17) is 5.73 Å². The van der Waals surface area contributed by atoms with Crippen LogP contribution in [0.4, 0.5) is 11.4 Å². The number of anilines is 1. The van der Waals surface area contributed by atoms with Crippen molar-refractivity contribution in [1.29, 1.82) is 0 Å². The van der Waals surface area contributed by atoms with Crippen LogP contribution in [-0.2, 0) is 0 Å². The van der Waals surface area contributed by atoms with Crippen molar-refractivity contribution in [2.24, 2.45) is 10.7 Å². The van der Waals surface area contributed by atoms with Gasteiger partial charge in [-0.3, -0.25) is 0 Å². The van der Waals surface area contributed by atoms with Gasteiger partial charge < -0.3 is 10.6 Å². The molecule has 0 bridgehead atoms. The molecule has 23 heavy (non-hydrogen) atoms. The highest BCUT2D eigenvalue weighted by Gasteiger charge is 2.19. The number of thioether (sulfide) groups is 1. The molecule has 3 aromatic rings. The van der Waals surface area contributed by atoms with Gasteiger partial charge in [-0.2, -0.15) is 0 Å². The Kier molecular flexibility index (Phi) is 3.67. The predicted molar refractivity (Wildman–Crippen MR) is 99.7 cm³/mol. The molecule has 0 radical (unpaired) electrons. The number of nitrogens with zero attached hydrogens (tertiary/aromatic N) is 2. The highest BCUT2D eigenvalue weighted by Crippen LogP contribution is 2.34. The third-order valence-electron chi connectivity index (χ3n) is 3.98. The maximum Gasteiger partial charge on any atom is 0.201 e. The van der Waals surface area contributed by atoms with Gasteiger partial charge in [-0.05, 0) is 35.0 Å². The van der Waals surface area contributed by atoms with Crippen LogP contribution in [0.5, 0.6) is 0 Å². The summed E-state index contributed by atoms with van der Waals surface area (Å²) in [5.74, 6) is 1.57. The van der Waals surface area contributed by atoms with Crippen molar-refractivity contribution in [2.75, 3.05) is 17.2 Å². The first-order chi connectivity index (χ1) is 11.3. The maximum absolute atomic E-state index is 6.31. The quantitative estimate of drug-likeness (QED) is 0.534. The second-order valence-electron chi connectivity index (χ2n) is 5.47. The van der Waals surface area contributed by atoms with E-state index in [1.54, 1.807) is 0 Å². The highest BCUT2D eigenvalue weighted by molar-refractivity contribution is 7.99. The lowest BCUT2D eigenvalue weighted by atomic mass is 10.1. The highest BCUT2D eigenvalue weighted by atomic mass is 32.2. The fourth-order valence-electron chi connectivity index (χ4n) is 2.85. The van der Waals surface area contributed by atoms with Crippen molar-refractivity contribution in [2.45, 2.75) is 4.90 Å². The smallest absolute Gasteiger partial charge is 0.201 e. The standard InChI is InChI=1S/C19H17N3S/c20-19(22-11-12-23-18-8-4-3-7-17(18)22)21-16-10-9-14-5-1-2-6-15(14)13-16/h1-10,13H,11-12H2,(H2,20,21). The Bertz CT molecular complexity index is 888. The van der Waals surface area contributed by atoms with E-state index in [9.17, 15) is 0 Å². The molecule has 0 unspecified atom stereocenters. The molecule has 3 aromatic carbocycles. The molecule has 2 N–H and O–H groups in total. The maximum atomic E-state index is 6.31. The molecule has 4 rings (SSSR count). The Morgan fingerprint density at radius 3 is 2.65 bits per heavy atom. The van der Waals surface area contributed by atoms with Gasteiger partial charge >= 0.3 is 0 Å². The number of aliphatic imine (C=N–C) groups is 1. The number of rotatable bonds is 1. The Morgan fingerprint density at radius 2 is 1.74 bits per heavy atom. The second kappa shape index (κ2) is 5.97. The molecule has 3 nitrogen and oxygen atoms in total. The van der Waals surface area contributed by atoms with E-state index < -0.39 is 0 Å². The van der Waals surface area contributed by atoms with Gasteiger partial charge in [-0.25, -0.2) is 4.99 Å². The van der Waals surface area contributed by atoms with Crippen LogP contribution in [0.15, 0.2) is 76.6 Å². The van der Waals surface area contributed by atoms with Crippen molar-refractivity contribution in [3.05, 3.63) is 66.7 Å². The van der Waals surface area contributed by atoms with Crippen LogP contribution in [0.25, 0.3) is 10.8 Å². The number of benzene rings is 3. The molecule has 1 aliphatic heterocycles. The number of fused-ring (bicyclic) bond motifs is 2. The molecule has 0 spiro atoms. The van der Waals surface area contributed by atoms with Crippen LogP contribution in [0.2, 0.25) is 0 Å². The SMILES string of the molecule is NC(=Nc1ccc2ccccc2c1)N1CCSc2ccccc21. The van der Waals surface area contributed by atoms with E-state index in [-0.39, 0.29) is 0 Å². The zero-order valence-electron chi connectivity index (χ0n) is 12.6. The fraction of sp³-hybridized carbons (Fsp3) is 0.105. The molecule has 114 valence electrons. The van der Waals surface area contributed by atoms with Crippen LogP contribution in [0.3, 0.4) is 0 Å². The number of nitrogens with two attached hydrogens (primary N) is 1. The third kappa shape index (κ3) is 2.78. The molecule has 4 heteroatoms. The summed E-state index contributed by atoms with van der Waals surface area (Å²) in [6.45, 7) is 0.880. The Balaban J connectivity index is 1.70. The van der Waals surface area contributed by atoms with Gasteiger partial charge in [-0.15, -0.1) is 11.8 Å². The lowest BCUT2D eigenvalue weighted by Gasteiger charge is -2.29. The number of hydrogen-bond donors (Lipinski definition) is 1. The fourth-order valence-corrected chi connectivity index (χ4v) is 3.84. The molecule has 1 aliphatic rings. The molecule has 0 aromatic heterocycles. The number of para-hydroxylation sites is 1. The first-order valence-electron chi connectivity index (χ1n) is 7.63. The molecule has 0 atom stereocenters. The topological polar surface area (TPSA) is 41.6 Å². The van der Waals surface area contributed by atoms with E-state index in [1.807, 2.05) is 36.0 Å². The lowest BCUT2D eigenvalue weighted by Crippen LogP contribution is -2.40. The van der Waals surface area contributed by atoms with Gasteiger partial charge in [0.25, 0.3) is 0 Å². The van der Waals surface area contributed by atoms with E-state index in [1.165, 1.54) is 15.7 Å². The molecule has 0 aliphatic carbocycles. The van der Waals surface area contributed by atoms with Gasteiger partial charge in [0.1, 0.15) is 0 Å². The summed E-state index contributed by atoms with van der Waals surface area (Å²) in [4.78, 5) is 8.00. The van der Waals surface area contributed by atoms with Crippen molar-refractivity contribution in [3.63, 3.8) is 0 Å². The minimum Gasteiger partial charge on any atom is -0.369 e. The van der Waals surface area contributed by atoms with E-state index in [0.29, 0.717) is 5.96 Å². The van der Waals surface area contributed by atoms with Crippen LogP contribution in [0.1, 0.15) is 0 Å². The Labute approximate surface area is 139 Å². The molecule has 0 saturated carbocycles. The van der Waals surface area contributed by atoms with E-state index in [0.717, 1.165) is 23.7 Å². The van der Waals surface area contributed by atoms with Crippen molar-refractivity contribution >= 4 is 39.9 Å². The zero-order chi connectivity index (χ0) is 15.6. The molecule has 1 heterocycles. The summed E-state index contributed by atoms with van der Waals surface area (Å²) in [6, 6.07) is 22.8. The van der Waals surface area contributed by atoms with E-state index >= 15 is 0 Å². The number of hydrogen-bond acceptors (Lipinski definition) is 2. The van der Waals surface area contributed by atoms with Gasteiger partial charge in [0, 0.05) is 17.2 Å². The lowest BCUT2D eigenvalue weighted by molar-refractivity contribution is 1.01. The summed E-state index contributed by atoms with van der Waals surface area (Å²) < 4.78 is 0. The van der Waals surface area contributed by atoms with Crippen molar-refractivity contribution in [1.82, 2.24) is 0 Å². The monoisotopic (exact) mass is 319 g/mol. The second-order valence-corrected chi connectivity index (χ2v) is 6.61. The van der Waals surface area contributed by atoms with Crippen LogP contribution < -0.4 is 10.6 Å². The largest absolute Gasteiger partial charge is 0.369 e. The van der Waals surface area contributed by atoms with Gasteiger partial charge in [0.2, 0.25) is 5.96 Å². The first kappa shape index (κ1) is 14.2. The summed E-state index contributed by atoms with van der Waals surface area (Å²) >= 11 is 1.87. The number of guanidine groups is 1. The van der Waals surface area contributed by atoms with Crippen LogP contribution >= 0.6 is 11.8 Å². The molecule has 0 amide bonds. The predicted octanol–water partition coefficient (Wildman–Crippen LogP) is 4.40. The molecular formula is C19H17N3S. The summed E-state index contributed by atoms with van der Waals surface area (Å²) in [5.41, 5.74) is 8.34. The third-order valence-corrected chi connectivity index (χ3v) is 5.02. The normalized spacial score (nSPS) is 14.8. The van der Waals surface area contributed by atoms with E-state index in [2.05, 4.69) is 52.4 Å². The van der Waals surface area contributed by atoms with Gasteiger partial charge in [-0.1, -0.05) is 42.5 Å². The molecule has 0 saturated heterocycles. The molecule has 0 fully saturated rings. The Morgan fingerprint density at radius 1 is 0.957 bits per heavy atom. The zero-order valence-corrected chi connectivity index (χ0v) is 13.5. The summed E-state index contributed by atoms with van der Waals surface area (Å²) in [6.07, 6.45) is 0. The summed E-state index contributed by atoms with van der Waals surface area (Å²) in [7, 11) is 0. The van der Waals surface area contributed by atoms with Gasteiger partial charge in [0.05, 0.1) is 11.4 Å². The Hall–Kier alpha value is -2.46. The minimum absolute atomic E-state index is 0.549. The first-order valence-corrected chi connectivity index (χ1v) is 8.62. The van der Waals surface area contributed by atoms with Crippen molar-refractivity contribution < 1.29 is 0 Å². The average molecular weight is 319 g/mol. The van der Waals surface area contributed by atoms with Crippen molar-refractivity contribution in [3.8, 4) is 0 Å². The minimum atomic E-state index is 0.549. The summed E-state index contributed by atoms with van der Waals surface area (Å²) in [5, 5.41) is 2.39. The average Bonchev–Trinajstić information content (AvgIpc) is 2.61. The van der Waals surface area contributed by atoms with Crippen LogP contribution in [-0.4, -0.2) is 18.3 Å².